The van der Waals surface area contributed by atoms with Crippen LogP contribution in [0, 0.1) is 5.41 Å². The Morgan fingerprint density at radius 2 is 0.849 bits per heavy atom. The van der Waals surface area contributed by atoms with Crippen molar-refractivity contribution < 1.29 is 43.2 Å². The number of unbranched alkanes of at least 4 members (excludes halogenated alkanes) is 20. The fourth-order valence-corrected chi connectivity index (χ4v) is 13.4. The summed E-state index contributed by atoms with van der Waals surface area (Å²) in [5.41, 5.74) is 0.0206. The Kier molecular flexibility index (Phi) is 23.2. The minimum atomic E-state index is -6.58. The van der Waals surface area contributed by atoms with Crippen molar-refractivity contribution in [3.05, 3.63) is 114 Å². The topological polar surface area (TPSA) is 92.1 Å². The zero-order valence-corrected chi connectivity index (χ0v) is 45.6. The van der Waals surface area contributed by atoms with Crippen LogP contribution in [0.1, 0.15) is 226 Å². The predicted octanol–water partition coefficient (Wildman–Crippen LogP) is 18.5. The molecule has 3 aromatic carbocycles. The van der Waals surface area contributed by atoms with E-state index >= 15 is 0 Å². The zero-order valence-electron chi connectivity index (χ0n) is 44.0. The number of fused-ring (bicyclic) bond motifs is 6. The lowest BCUT2D eigenvalue weighted by Crippen LogP contribution is -2.35. The van der Waals surface area contributed by atoms with Crippen LogP contribution in [0.5, 0.6) is 0 Å². The molecule has 0 spiro atoms. The van der Waals surface area contributed by atoms with Crippen LogP contribution in [0.2, 0.25) is 0 Å². The van der Waals surface area contributed by atoms with E-state index < -0.39 is 51.8 Å². The SMILES string of the molecule is CCCCCCCCc1c(CCCCCCCC)c(CCCCCCCC)c2c(c1CCCCCCCC)Cc1ccccc1-2.N=C1C2=Cc3ccccc3C2=CC(S(=O)(=O)C(F)(F)F)=C1S(=O)(=O)C(F)(F)F. The third kappa shape index (κ3) is 15.1. The molecule has 0 heterocycles. The first kappa shape index (κ1) is 59.9. The second kappa shape index (κ2) is 28.2. The van der Waals surface area contributed by atoms with E-state index in [4.69, 9.17) is 5.41 Å². The van der Waals surface area contributed by atoms with Crippen molar-refractivity contribution in [1.29, 1.82) is 5.41 Å². The van der Waals surface area contributed by atoms with E-state index in [1.165, 1.54) is 210 Å². The van der Waals surface area contributed by atoms with Crippen LogP contribution >= 0.6 is 0 Å². The lowest BCUT2D eigenvalue weighted by atomic mass is 9.79. The number of benzene rings is 3. The molecule has 3 aliphatic carbocycles. The highest BCUT2D eigenvalue weighted by atomic mass is 32.2. The summed E-state index contributed by atoms with van der Waals surface area (Å²) in [6, 6.07) is 15.2. The summed E-state index contributed by atoms with van der Waals surface area (Å²) in [5.74, 6) is 0. The number of sulfone groups is 2. The number of hydrogen-bond donors (Lipinski definition) is 1. The van der Waals surface area contributed by atoms with Crippen molar-refractivity contribution >= 4 is 37.0 Å². The van der Waals surface area contributed by atoms with Gasteiger partial charge in [-0.2, -0.15) is 26.3 Å². The van der Waals surface area contributed by atoms with E-state index in [1.807, 2.05) is 16.7 Å². The first-order valence-electron chi connectivity index (χ1n) is 27.6. The molecule has 0 amide bonds. The third-order valence-corrected chi connectivity index (χ3v) is 18.1. The highest BCUT2D eigenvalue weighted by Crippen LogP contribution is 2.49. The Balaban J connectivity index is 0.000000301. The predicted molar refractivity (Wildman–Crippen MR) is 290 cm³/mol. The summed E-state index contributed by atoms with van der Waals surface area (Å²) in [5, 5.41) is 7.82. The number of hydrogen-bond acceptors (Lipinski definition) is 5. The van der Waals surface area contributed by atoms with Crippen LogP contribution in [-0.2, 0) is 51.8 Å². The van der Waals surface area contributed by atoms with Crippen molar-refractivity contribution in [1.82, 2.24) is 0 Å². The fraction of sp³-hybridized carbons (Fsp3) is 0.583. The number of halogens is 6. The van der Waals surface area contributed by atoms with Gasteiger partial charge in [-0.3, -0.25) is 5.41 Å². The van der Waals surface area contributed by atoms with Crippen molar-refractivity contribution in [2.45, 2.75) is 225 Å². The van der Waals surface area contributed by atoms with E-state index in [2.05, 4.69) is 52.0 Å². The van der Waals surface area contributed by atoms with Crippen molar-refractivity contribution in [3.8, 4) is 11.1 Å². The molecule has 404 valence electrons. The molecule has 5 nitrogen and oxygen atoms in total. The molecule has 0 saturated heterocycles. The molecular formula is C60H81F6NO4S2. The standard InChI is InChI=1S/C45H74.C15H7F6NO4S2/c1-5-9-13-17-21-25-33-40-41(34-26-22-18-14-10-6-2)43(36-28-24-20-16-12-8-4)45-39-32-30-29-31-38(39)37-44(45)42(40)35-27-23-19-15-11-7-3;16-14(17,18)27(23,24)11-6-9-8-4-2-1-3-7(8)5-10(9)12(22)13(11)28(25,26)15(19,20)21/h29-32H,5-28,33-37H2,1-4H3;1-6,22H. The fourth-order valence-electron chi connectivity index (χ4n) is 10.9. The van der Waals surface area contributed by atoms with Gasteiger partial charge in [-0.1, -0.05) is 205 Å². The van der Waals surface area contributed by atoms with E-state index in [0.29, 0.717) is 0 Å². The molecule has 0 atom stereocenters. The Labute approximate surface area is 434 Å². The molecule has 1 N–H and O–H groups in total. The van der Waals surface area contributed by atoms with Gasteiger partial charge in [0.2, 0.25) is 0 Å². The minimum absolute atomic E-state index is 0.153. The van der Waals surface area contributed by atoms with Gasteiger partial charge in [0.25, 0.3) is 19.7 Å². The van der Waals surface area contributed by atoms with E-state index in [9.17, 15) is 43.2 Å². The molecule has 0 fully saturated rings. The molecule has 0 bridgehead atoms. The average molecular weight is 1060 g/mol. The first-order valence-corrected chi connectivity index (χ1v) is 30.6. The number of nitrogens with one attached hydrogen (secondary N) is 1. The number of allylic oxidation sites excluding steroid dienone is 4. The van der Waals surface area contributed by atoms with Gasteiger partial charge in [0.1, 0.15) is 4.91 Å². The molecule has 3 aliphatic rings. The van der Waals surface area contributed by atoms with Gasteiger partial charge in [-0.05, 0) is 131 Å². The Bertz CT molecular complexity index is 2640. The van der Waals surface area contributed by atoms with Crippen LogP contribution < -0.4 is 0 Å². The lowest BCUT2D eigenvalue weighted by Gasteiger charge is -2.25. The maximum atomic E-state index is 13.0. The molecule has 0 saturated carbocycles. The summed E-state index contributed by atoms with van der Waals surface area (Å²) in [4.78, 5) is -4.38. The Morgan fingerprint density at radius 1 is 0.452 bits per heavy atom. The molecule has 0 aromatic heterocycles. The molecule has 6 rings (SSSR count). The second-order valence-electron chi connectivity index (χ2n) is 20.3. The van der Waals surface area contributed by atoms with Crippen LogP contribution in [-0.4, -0.2) is 33.6 Å². The maximum absolute atomic E-state index is 13.0. The van der Waals surface area contributed by atoms with Gasteiger partial charge in [0.15, 0.2) is 0 Å². The van der Waals surface area contributed by atoms with Gasteiger partial charge in [-0.15, -0.1) is 0 Å². The maximum Gasteiger partial charge on any atom is 0.502 e. The van der Waals surface area contributed by atoms with Crippen LogP contribution in [0.3, 0.4) is 0 Å². The zero-order chi connectivity index (χ0) is 53.2. The summed E-state index contributed by atoms with van der Waals surface area (Å²) in [6.07, 6.45) is 41.3. The molecule has 3 aromatic rings. The highest BCUT2D eigenvalue weighted by Gasteiger charge is 2.57. The minimum Gasteiger partial charge on any atom is -0.299 e. The molecule has 0 unspecified atom stereocenters. The Morgan fingerprint density at radius 3 is 1.33 bits per heavy atom. The van der Waals surface area contributed by atoms with E-state index in [1.54, 1.807) is 27.8 Å². The monoisotopic (exact) mass is 1060 g/mol. The van der Waals surface area contributed by atoms with Gasteiger partial charge in [0.05, 0.1) is 10.6 Å². The normalized spacial score (nSPS) is 14.4. The van der Waals surface area contributed by atoms with Crippen molar-refractivity contribution in [2.24, 2.45) is 0 Å². The molecule has 13 heteroatoms. The van der Waals surface area contributed by atoms with Crippen LogP contribution in [0.15, 0.2) is 70.0 Å². The second-order valence-corrected chi connectivity index (χ2v) is 24.1. The summed E-state index contributed by atoms with van der Waals surface area (Å²) in [7, 11) is -13.1. The first-order chi connectivity index (χ1) is 34.9. The Hall–Kier alpha value is -3.97. The van der Waals surface area contributed by atoms with E-state index in [0.717, 1.165) is 6.08 Å². The van der Waals surface area contributed by atoms with Crippen LogP contribution in [0.25, 0.3) is 22.8 Å². The number of alkyl halides is 6. The van der Waals surface area contributed by atoms with Crippen molar-refractivity contribution in [3.63, 3.8) is 0 Å². The van der Waals surface area contributed by atoms with E-state index in [-0.39, 0.29) is 22.8 Å². The lowest BCUT2D eigenvalue weighted by molar-refractivity contribution is -0.0437. The quantitative estimate of drug-likeness (QED) is 0.0416. The smallest absolute Gasteiger partial charge is 0.299 e. The highest BCUT2D eigenvalue weighted by molar-refractivity contribution is 8.00. The van der Waals surface area contributed by atoms with Gasteiger partial charge in [0, 0.05) is 5.57 Å². The van der Waals surface area contributed by atoms with Crippen molar-refractivity contribution in [2.75, 3.05) is 0 Å². The molecular weight excluding hydrogens is 977 g/mol. The summed E-state index contributed by atoms with van der Waals surface area (Å²) in [6.45, 7) is 9.37. The molecule has 73 heavy (non-hydrogen) atoms. The van der Waals surface area contributed by atoms with Gasteiger partial charge < -0.3 is 0 Å². The van der Waals surface area contributed by atoms with Crippen LogP contribution in [0.4, 0.5) is 26.3 Å². The average Bonchev–Trinajstić information content (AvgIpc) is 3.93. The van der Waals surface area contributed by atoms with Gasteiger partial charge in [-0.25, -0.2) is 16.8 Å². The summed E-state index contributed by atoms with van der Waals surface area (Å²) < 4.78 is 126. The molecule has 0 aliphatic heterocycles. The number of rotatable bonds is 30. The third-order valence-electron chi connectivity index (χ3n) is 14.8. The van der Waals surface area contributed by atoms with Gasteiger partial charge >= 0.3 is 11.0 Å². The largest absolute Gasteiger partial charge is 0.502 e. The summed E-state index contributed by atoms with van der Waals surface area (Å²) >= 11 is 0. The molecule has 0 radical (unpaired) electrons.